The third kappa shape index (κ3) is 4.24. The third-order valence-electron chi connectivity index (χ3n) is 3.51. The predicted octanol–water partition coefficient (Wildman–Crippen LogP) is 3.89. The minimum atomic E-state index is -0.486. The van der Waals surface area contributed by atoms with Crippen molar-refractivity contribution in [1.82, 2.24) is 4.90 Å². The van der Waals surface area contributed by atoms with E-state index in [1.54, 1.807) is 6.08 Å². The maximum atomic E-state index is 12.5. The molecule has 8 heteroatoms. The minimum absolute atomic E-state index is 0.114. The molecule has 2 amide bonds. The fourth-order valence-electron chi connectivity index (χ4n) is 2.28. The first-order valence-corrected chi connectivity index (χ1v) is 9.13. The number of halogens is 1. The van der Waals surface area contributed by atoms with Gasteiger partial charge in [-0.3, -0.25) is 14.5 Å². The summed E-state index contributed by atoms with van der Waals surface area (Å²) in [5.74, 6) is -0.925. The number of carbonyl (C=O) groups excluding carboxylic acids is 2. The Bertz CT molecular complexity index is 916. The summed E-state index contributed by atoms with van der Waals surface area (Å²) in [7, 11) is 0. The van der Waals surface area contributed by atoms with Crippen LogP contribution in [0.1, 0.15) is 5.56 Å². The molecule has 26 heavy (non-hydrogen) atoms. The Balaban J connectivity index is 1.70. The molecule has 0 saturated carbocycles. The first-order valence-electron chi connectivity index (χ1n) is 7.53. The van der Waals surface area contributed by atoms with E-state index in [2.05, 4.69) is 5.32 Å². The topological polar surface area (TPSA) is 69.6 Å². The lowest BCUT2D eigenvalue weighted by Crippen LogP contribution is -2.36. The minimum Gasteiger partial charge on any atom is -0.506 e. The van der Waals surface area contributed by atoms with Gasteiger partial charge >= 0.3 is 0 Å². The van der Waals surface area contributed by atoms with Crippen molar-refractivity contribution in [3.63, 3.8) is 0 Å². The molecule has 1 heterocycles. The molecule has 2 N–H and O–H groups in total. The van der Waals surface area contributed by atoms with Gasteiger partial charge in [0.05, 0.1) is 10.6 Å². The molecule has 3 rings (SSSR count). The zero-order chi connectivity index (χ0) is 18.7. The summed E-state index contributed by atoms with van der Waals surface area (Å²) < 4.78 is 0.308. The number of hydrogen-bond acceptors (Lipinski definition) is 5. The van der Waals surface area contributed by atoms with Crippen LogP contribution in [0.15, 0.2) is 53.4 Å². The molecule has 0 bridgehead atoms. The summed E-state index contributed by atoms with van der Waals surface area (Å²) in [6, 6.07) is 13.7. The van der Waals surface area contributed by atoms with Gasteiger partial charge in [0.1, 0.15) is 16.6 Å². The van der Waals surface area contributed by atoms with Gasteiger partial charge in [0.15, 0.2) is 0 Å². The van der Waals surface area contributed by atoms with Crippen molar-refractivity contribution >= 4 is 63.5 Å². The lowest BCUT2D eigenvalue weighted by Gasteiger charge is -2.14. The van der Waals surface area contributed by atoms with Gasteiger partial charge in [-0.1, -0.05) is 65.9 Å². The molecule has 0 atom stereocenters. The van der Waals surface area contributed by atoms with Crippen LogP contribution in [0, 0.1) is 0 Å². The number of phenols is 1. The average Bonchev–Trinajstić information content (AvgIpc) is 2.86. The number of rotatable bonds is 4. The first-order chi connectivity index (χ1) is 12.4. The van der Waals surface area contributed by atoms with Crippen LogP contribution in [0.5, 0.6) is 5.75 Å². The number of thioether (sulfide) groups is 1. The first kappa shape index (κ1) is 18.4. The van der Waals surface area contributed by atoms with E-state index in [0.717, 1.165) is 17.3 Å². The number of thiocarbonyl (C=S) groups is 1. The molecule has 0 radical (unpaired) electrons. The van der Waals surface area contributed by atoms with Crippen molar-refractivity contribution in [3.05, 3.63) is 64.0 Å². The van der Waals surface area contributed by atoms with E-state index < -0.39 is 5.91 Å². The molecular weight excluding hydrogens is 392 g/mol. The molecule has 0 spiro atoms. The van der Waals surface area contributed by atoms with Gasteiger partial charge in [0.2, 0.25) is 5.91 Å². The van der Waals surface area contributed by atoms with E-state index in [1.165, 1.54) is 23.1 Å². The van der Waals surface area contributed by atoms with Crippen LogP contribution in [0.3, 0.4) is 0 Å². The molecular formula is C18H13ClN2O3S2. The fraction of sp³-hybridized carbons (Fsp3) is 0.0556. The van der Waals surface area contributed by atoms with Crippen LogP contribution in [0.2, 0.25) is 5.02 Å². The number of nitrogens with one attached hydrogen (secondary N) is 1. The highest BCUT2D eigenvalue weighted by atomic mass is 35.5. The van der Waals surface area contributed by atoms with Crippen molar-refractivity contribution in [1.29, 1.82) is 0 Å². The van der Waals surface area contributed by atoms with Gasteiger partial charge in [0, 0.05) is 5.02 Å². The maximum absolute atomic E-state index is 12.5. The average molecular weight is 405 g/mol. The summed E-state index contributed by atoms with van der Waals surface area (Å²) in [6.07, 6.45) is 1.74. The van der Waals surface area contributed by atoms with Gasteiger partial charge < -0.3 is 10.4 Å². The standard InChI is InChI=1S/C18H13ClN2O3S2/c19-12-6-7-14(22)13(9-12)20-16(23)10-21-17(24)15(26-18(21)25)8-11-4-2-1-3-5-11/h1-9,22H,10H2,(H,20,23)/b15-8-. The fourth-order valence-corrected chi connectivity index (χ4v) is 3.71. The molecule has 132 valence electrons. The molecule has 2 aromatic carbocycles. The van der Waals surface area contributed by atoms with Gasteiger partial charge in [0.25, 0.3) is 5.91 Å². The Kier molecular flexibility index (Phi) is 5.61. The molecule has 1 aliphatic heterocycles. The smallest absolute Gasteiger partial charge is 0.266 e. The Morgan fingerprint density at radius 2 is 2.00 bits per heavy atom. The summed E-state index contributed by atoms with van der Waals surface area (Å²) in [6.45, 7) is -0.247. The van der Waals surface area contributed by atoms with Gasteiger partial charge in [-0.25, -0.2) is 0 Å². The van der Waals surface area contributed by atoms with Crippen molar-refractivity contribution in [2.24, 2.45) is 0 Å². The van der Waals surface area contributed by atoms with Crippen LogP contribution in [-0.2, 0) is 9.59 Å². The summed E-state index contributed by atoms with van der Waals surface area (Å²) in [5.41, 5.74) is 1.05. The largest absolute Gasteiger partial charge is 0.506 e. The number of hydrogen-bond donors (Lipinski definition) is 2. The third-order valence-corrected chi connectivity index (χ3v) is 5.12. The number of carbonyl (C=O) groups is 2. The van der Waals surface area contributed by atoms with E-state index in [9.17, 15) is 14.7 Å². The van der Waals surface area contributed by atoms with E-state index >= 15 is 0 Å². The molecule has 5 nitrogen and oxygen atoms in total. The molecule has 0 aliphatic carbocycles. The summed E-state index contributed by atoms with van der Waals surface area (Å²) >= 11 is 12.2. The highest BCUT2D eigenvalue weighted by Crippen LogP contribution is 2.32. The number of anilines is 1. The van der Waals surface area contributed by atoms with Crippen molar-refractivity contribution in [2.45, 2.75) is 0 Å². The number of nitrogens with zero attached hydrogens (tertiary/aromatic N) is 1. The van der Waals surface area contributed by atoms with Gasteiger partial charge in [-0.2, -0.15) is 0 Å². The Morgan fingerprint density at radius 3 is 2.73 bits per heavy atom. The molecule has 1 aliphatic rings. The summed E-state index contributed by atoms with van der Waals surface area (Å²) in [4.78, 5) is 26.5. The van der Waals surface area contributed by atoms with E-state index in [1.807, 2.05) is 30.3 Å². The van der Waals surface area contributed by atoms with Gasteiger partial charge in [-0.15, -0.1) is 0 Å². The highest BCUT2D eigenvalue weighted by molar-refractivity contribution is 8.26. The van der Waals surface area contributed by atoms with Crippen LogP contribution in [-0.4, -0.2) is 32.7 Å². The van der Waals surface area contributed by atoms with Gasteiger partial charge in [-0.05, 0) is 29.8 Å². The number of benzene rings is 2. The lowest BCUT2D eigenvalue weighted by atomic mass is 10.2. The number of phenolic OH excluding ortho intramolecular Hbond substituents is 1. The predicted molar refractivity (Wildman–Crippen MR) is 108 cm³/mol. The maximum Gasteiger partial charge on any atom is 0.266 e. The second kappa shape index (κ2) is 7.90. The quantitative estimate of drug-likeness (QED) is 0.459. The Labute approximate surface area is 164 Å². The van der Waals surface area contributed by atoms with Crippen molar-refractivity contribution in [2.75, 3.05) is 11.9 Å². The number of aromatic hydroxyl groups is 1. The lowest BCUT2D eigenvalue weighted by molar-refractivity contribution is -0.126. The van der Waals surface area contributed by atoms with Crippen LogP contribution >= 0.6 is 35.6 Å². The Hall–Kier alpha value is -2.35. The monoisotopic (exact) mass is 404 g/mol. The zero-order valence-electron chi connectivity index (χ0n) is 13.3. The van der Waals surface area contributed by atoms with Crippen LogP contribution in [0.25, 0.3) is 6.08 Å². The SMILES string of the molecule is O=C(CN1C(=O)/C(=C/c2ccccc2)SC1=S)Nc1cc(Cl)ccc1O. The molecule has 2 aromatic rings. The van der Waals surface area contributed by atoms with Crippen LogP contribution in [0.4, 0.5) is 5.69 Å². The summed E-state index contributed by atoms with van der Waals surface area (Å²) in [5, 5.41) is 12.7. The van der Waals surface area contributed by atoms with Crippen molar-refractivity contribution < 1.29 is 14.7 Å². The molecule has 0 unspecified atom stereocenters. The highest BCUT2D eigenvalue weighted by Gasteiger charge is 2.33. The van der Waals surface area contributed by atoms with Crippen molar-refractivity contribution in [3.8, 4) is 5.75 Å². The Morgan fingerprint density at radius 1 is 1.27 bits per heavy atom. The zero-order valence-corrected chi connectivity index (χ0v) is 15.7. The van der Waals surface area contributed by atoms with E-state index in [4.69, 9.17) is 23.8 Å². The molecule has 1 saturated heterocycles. The van der Waals surface area contributed by atoms with Crippen LogP contribution < -0.4 is 5.32 Å². The molecule has 1 fully saturated rings. The number of amides is 2. The second-order valence-electron chi connectivity index (χ2n) is 5.39. The normalized spacial score (nSPS) is 15.6. The second-order valence-corrected chi connectivity index (χ2v) is 7.50. The van der Waals surface area contributed by atoms with E-state index in [0.29, 0.717) is 14.2 Å². The van der Waals surface area contributed by atoms with E-state index in [-0.39, 0.29) is 23.9 Å². The molecule has 0 aromatic heterocycles.